The number of nitrogens with zero attached hydrogens (tertiary/aromatic N) is 4. The fraction of sp³-hybridized carbons (Fsp3) is 0.136. The number of anilines is 2. The van der Waals surface area contributed by atoms with Crippen LogP contribution in [0.3, 0.4) is 0 Å². The van der Waals surface area contributed by atoms with E-state index in [0.717, 1.165) is 26.8 Å². The first-order valence-electron chi connectivity index (χ1n) is 9.74. The van der Waals surface area contributed by atoms with Gasteiger partial charge in [-0.25, -0.2) is 9.97 Å². The van der Waals surface area contributed by atoms with E-state index in [9.17, 15) is 9.59 Å². The predicted octanol–water partition coefficient (Wildman–Crippen LogP) is 4.00. The highest BCUT2D eigenvalue weighted by Crippen LogP contribution is 2.39. The zero-order chi connectivity index (χ0) is 22.1. The van der Waals surface area contributed by atoms with E-state index in [1.807, 2.05) is 43.3 Å². The van der Waals surface area contributed by atoms with Crippen molar-refractivity contribution in [3.8, 4) is 27.7 Å². The lowest BCUT2D eigenvalue weighted by Crippen LogP contribution is -2.43. The minimum atomic E-state index is -0.325. The van der Waals surface area contributed by atoms with Crippen molar-refractivity contribution >= 4 is 45.3 Å². The van der Waals surface area contributed by atoms with Crippen LogP contribution in [0.2, 0.25) is 0 Å². The number of rotatable bonds is 5. The second-order valence-electron chi connectivity index (χ2n) is 6.98. The Balaban J connectivity index is 1.46. The first kappa shape index (κ1) is 20.3. The van der Waals surface area contributed by atoms with Crippen LogP contribution < -0.4 is 15.0 Å². The van der Waals surface area contributed by atoms with Crippen molar-refractivity contribution in [3.63, 3.8) is 0 Å². The van der Waals surface area contributed by atoms with Crippen LogP contribution >= 0.6 is 22.7 Å². The summed E-state index contributed by atoms with van der Waals surface area (Å²) in [6.45, 7) is 1.75. The van der Waals surface area contributed by atoms with Crippen LogP contribution in [0.25, 0.3) is 22.0 Å². The van der Waals surface area contributed by atoms with E-state index < -0.39 is 0 Å². The summed E-state index contributed by atoms with van der Waals surface area (Å²) in [5.74, 6) is -0.0600. The van der Waals surface area contributed by atoms with E-state index in [-0.39, 0.29) is 25.0 Å². The quantitative estimate of drug-likeness (QED) is 0.480. The number of carbonyl (C=O) groups is 2. The molecule has 160 valence electrons. The van der Waals surface area contributed by atoms with Gasteiger partial charge >= 0.3 is 0 Å². The van der Waals surface area contributed by atoms with Crippen molar-refractivity contribution in [2.45, 2.75) is 6.92 Å². The lowest BCUT2D eigenvalue weighted by Gasteiger charge is -2.29. The Hall–Kier alpha value is -3.63. The zero-order valence-electron chi connectivity index (χ0n) is 16.9. The number of pyridine rings is 1. The summed E-state index contributed by atoms with van der Waals surface area (Å²) in [6.07, 6.45) is 3.35. The fourth-order valence-electron chi connectivity index (χ4n) is 3.37. The van der Waals surface area contributed by atoms with E-state index in [4.69, 9.17) is 9.72 Å². The Kier molecular flexibility index (Phi) is 5.38. The molecule has 0 atom stereocenters. The molecule has 5 rings (SSSR count). The van der Waals surface area contributed by atoms with Crippen molar-refractivity contribution < 1.29 is 14.3 Å². The molecule has 0 saturated carbocycles. The number of carbonyl (C=O) groups excluding carboxylic acids is 2. The van der Waals surface area contributed by atoms with Crippen molar-refractivity contribution in [1.82, 2.24) is 15.0 Å². The molecule has 0 fully saturated rings. The van der Waals surface area contributed by atoms with E-state index in [0.29, 0.717) is 16.6 Å². The molecular formula is C22H17N5O3S2. The number of aryl methyl sites for hydroxylation is 1. The maximum absolute atomic E-state index is 12.6. The molecule has 0 spiro atoms. The summed E-state index contributed by atoms with van der Waals surface area (Å²) in [5.41, 5.74) is 3.00. The molecule has 1 aliphatic heterocycles. The van der Waals surface area contributed by atoms with Gasteiger partial charge < -0.3 is 10.1 Å². The van der Waals surface area contributed by atoms with Crippen LogP contribution in [0, 0.1) is 6.92 Å². The molecule has 4 heterocycles. The lowest BCUT2D eigenvalue weighted by atomic mass is 10.1. The van der Waals surface area contributed by atoms with Gasteiger partial charge in [0.2, 0.25) is 5.91 Å². The van der Waals surface area contributed by atoms with Gasteiger partial charge in [0, 0.05) is 28.2 Å². The first-order chi connectivity index (χ1) is 15.6. The number of ether oxygens (including phenoxy) is 1. The summed E-state index contributed by atoms with van der Waals surface area (Å²) >= 11 is 2.88. The Bertz CT molecular complexity index is 1290. The highest BCUT2D eigenvalue weighted by atomic mass is 32.1. The van der Waals surface area contributed by atoms with Gasteiger partial charge in [0.25, 0.3) is 5.91 Å². The van der Waals surface area contributed by atoms with Gasteiger partial charge in [-0.15, -0.1) is 22.7 Å². The lowest BCUT2D eigenvalue weighted by molar-refractivity contribution is -0.123. The number of nitrogens with one attached hydrogen (secondary N) is 1. The minimum Gasteiger partial charge on any atom is -0.482 e. The first-order valence-corrected chi connectivity index (χ1v) is 11.4. The van der Waals surface area contributed by atoms with E-state index in [1.165, 1.54) is 16.2 Å². The Morgan fingerprint density at radius 2 is 2.12 bits per heavy atom. The van der Waals surface area contributed by atoms with Crippen LogP contribution in [0.1, 0.15) is 4.88 Å². The highest BCUT2D eigenvalue weighted by molar-refractivity contribution is 7.15. The molecule has 1 aromatic carbocycles. The molecule has 1 N–H and O–H groups in total. The van der Waals surface area contributed by atoms with Gasteiger partial charge in [0.1, 0.15) is 17.3 Å². The summed E-state index contributed by atoms with van der Waals surface area (Å²) in [7, 11) is 0. The molecule has 0 bridgehead atoms. The molecule has 0 saturated heterocycles. The third-order valence-corrected chi connectivity index (χ3v) is 6.52. The number of benzene rings is 1. The average molecular weight is 464 g/mol. The van der Waals surface area contributed by atoms with E-state index in [1.54, 1.807) is 29.1 Å². The molecule has 3 aromatic heterocycles. The number of thiazole rings is 2. The van der Waals surface area contributed by atoms with E-state index in [2.05, 4.69) is 15.3 Å². The number of amides is 2. The Morgan fingerprint density at radius 3 is 2.91 bits per heavy atom. The van der Waals surface area contributed by atoms with Crippen molar-refractivity contribution in [2.24, 2.45) is 0 Å². The summed E-state index contributed by atoms with van der Waals surface area (Å²) < 4.78 is 5.59. The standard InChI is InChI=1S/C22H17N5O3S2/c1-13-20(26-21(32-13)15-4-2-3-7-23-15)14-5-6-17-16(10-14)27(19(29)12-30-17)11-18(28)25-22-24-8-9-31-22/h2-10H,11-12H2,1H3,(H,24,25,28). The van der Waals surface area contributed by atoms with Gasteiger partial charge in [0.05, 0.1) is 17.1 Å². The van der Waals surface area contributed by atoms with Crippen LogP contribution in [0.5, 0.6) is 5.75 Å². The molecular weight excluding hydrogens is 446 g/mol. The molecule has 4 aromatic rings. The SMILES string of the molecule is Cc1sc(-c2ccccn2)nc1-c1ccc2c(c1)N(CC(=O)Nc1nccs1)C(=O)CO2. The highest BCUT2D eigenvalue weighted by Gasteiger charge is 2.28. The van der Waals surface area contributed by atoms with Crippen LogP contribution in [0.4, 0.5) is 10.8 Å². The maximum Gasteiger partial charge on any atom is 0.265 e. The summed E-state index contributed by atoms with van der Waals surface area (Å²) in [4.78, 5) is 40.8. The van der Waals surface area contributed by atoms with Gasteiger partial charge in [-0.3, -0.25) is 19.5 Å². The monoisotopic (exact) mass is 463 g/mol. The van der Waals surface area contributed by atoms with Gasteiger partial charge in [-0.1, -0.05) is 6.07 Å². The molecule has 0 unspecified atom stereocenters. The van der Waals surface area contributed by atoms with Crippen molar-refractivity contribution in [1.29, 1.82) is 0 Å². The number of hydrogen-bond acceptors (Lipinski definition) is 8. The molecule has 8 nitrogen and oxygen atoms in total. The second kappa shape index (κ2) is 8.48. The Labute approximate surface area is 191 Å². The summed E-state index contributed by atoms with van der Waals surface area (Å²) in [6, 6.07) is 11.3. The molecule has 10 heteroatoms. The number of aromatic nitrogens is 3. The predicted molar refractivity (Wildman–Crippen MR) is 124 cm³/mol. The van der Waals surface area contributed by atoms with Gasteiger partial charge in [0.15, 0.2) is 11.7 Å². The van der Waals surface area contributed by atoms with Crippen LogP contribution in [-0.4, -0.2) is 39.9 Å². The average Bonchev–Trinajstić information content (AvgIpc) is 3.45. The normalized spacial score (nSPS) is 12.9. The zero-order valence-corrected chi connectivity index (χ0v) is 18.6. The van der Waals surface area contributed by atoms with Crippen LogP contribution in [0.15, 0.2) is 54.2 Å². The fourth-order valence-corrected chi connectivity index (χ4v) is 4.83. The maximum atomic E-state index is 12.6. The molecule has 0 radical (unpaired) electrons. The molecule has 0 aliphatic carbocycles. The third kappa shape index (κ3) is 3.97. The summed E-state index contributed by atoms with van der Waals surface area (Å²) in [5, 5.41) is 5.80. The van der Waals surface area contributed by atoms with Gasteiger partial charge in [-0.05, 0) is 37.3 Å². The number of hydrogen-bond donors (Lipinski definition) is 1. The van der Waals surface area contributed by atoms with Crippen molar-refractivity contribution in [3.05, 3.63) is 59.0 Å². The third-order valence-electron chi connectivity index (χ3n) is 4.84. The number of fused-ring (bicyclic) bond motifs is 1. The minimum absolute atomic E-state index is 0.115. The molecule has 32 heavy (non-hydrogen) atoms. The topological polar surface area (TPSA) is 97.3 Å². The van der Waals surface area contributed by atoms with Crippen molar-refractivity contribution in [2.75, 3.05) is 23.4 Å². The largest absolute Gasteiger partial charge is 0.482 e. The van der Waals surface area contributed by atoms with E-state index >= 15 is 0 Å². The molecule has 1 aliphatic rings. The molecule has 2 amide bonds. The van der Waals surface area contributed by atoms with Gasteiger partial charge in [-0.2, -0.15) is 0 Å². The second-order valence-corrected chi connectivity index (χ2v) is 9.07. The smallest absolute Gasteiger partial charge is 0.265 e. The van der Waals surface area contributed by atoms with Crippen LogP contribution in [-0.2, 0) is 9.59 Å². The Morgan fingerprint density at radius 1 is 1.22 bits per heavy atom.